The summed E-state index contributed by atoms with van der Waals surface area (Å²) < 4.78 is 5.46. The number of aliphatic hydroxyl groups excluding tert-OH is 1. The molecule has 1 heterocycles. The van der Waals surface area contributed by atoms with Gasteiger partial charge in [0.05, 0.1) is 6.61 Å². The summed E-state index contributed by atoms with van der Waals surface area (Å²) in [7, 11) is 0. The molecule has 0 saturated carbocycles. The van der Waals surface area contributed by atoms with Gasteiger partial charge in [-0.2, -0.15) is 4.98 Å². The van der Waals surface area contributed by atoms with Gasteiger partial charge >= 0.3 is 0 Å². The second kappa shape index (κ2) is 4.92. The van der Waals surface area contributed by atoms with Gasteiger partial charge < -0.3 is 9.84 Å². The van der Waals surface area contributed by atoms with Crippen LogP contribution in [0.1, 0.15) is 5.56 Å². The maximum absolute atomic E-state index is 8.97. The van der Waals surface area contributed by atoms with E-state index in [-0.39, 0.29) is 11.9 Å². The number of aliphatic hydroxyl groups is 1. The van der Waals surface area contributed by atoms with Crippen molar-refractivity contribution in [2.24, 2.45) is 0 Å². The number of halogens is 1. The Labute approximate surface area is 97.5 Å². The summed E-state index contributed by atoms with van der Waals surface area (Å²) in [6.07, 6.45) is 1.51. The molecule has 0 saturated heterocycles. The van der Waals surface area contributed by atoms with Gasteiger partial charge in [0, 0.05) is 12.3 Å². The quantitative estimate of drug-likeness (QED) is 0.832. The molecule has 2 aromatic rings. The summed E-state index contributed by atoms with van der Waals surface area (Å²) in [4.78, 5) is 7.64. The van der Waals surface area contributed by atoms with Gasteiger partial charge in [0.25, 0.3) is 0 Å². The molecule has 0 fully saturated rings. The van der Waals surface area contributed by atoms with E-state index in [0.717, 1.165) is 5.56 Å². The first kappa shape index (κ1) is 10.9. The predicted octanol–water partition coefficient (Wildman–Crippen LogP) is 2.41. The fourth-order valence-electron chi connectivity index (χ4n) is 1.20. The van der Waals surface area contributed by atoms with Gasteiger partial charge in [-0.1, -0.05) is 12.1 Å². The van der Waals surface area contributed by atoms with E-state index in [4.69, 9.17) is 21.4 Å². The van der Waals surface area contributed by atoms with Crippen molar-refractivity contribution in [2.45, 2.75) is 6.61 Å². The van der Waals surface area contributed by atoms with E-state index in [2.05, 4.69) is 9.97 Å². The van der Waals surface area contributed by atoms with Gasteiger partial charge in [0.1, 0.15) is 5.75 Å². The monoisotopic (exact) mass is 236 g/mol. The highest BCUT2D eigenvalue weighted by Gasteiger charge is 2.00. The second-order valence-corrected chi connectivity index (χ2v) is 3.41. The molecule has 0 bridgehead atoms. The molecule has 0 amide bonds. The zero-order chi connectivity index (χ0) is 11.4. The van der Waals surface area contributed by atoms with Crippen molar-refractivity contribution in [3.05, 3.63) is 47.4 Å². The van der Waals surface area contributed by atoms with Crippen LogP contribution in [0.15, 0.2) is 36.5 Å². The molecule has 0 radical (unpaired) electrons. The number of benzene rings is 1. The number of nitrogens with zero attached hydrogens (tertiary/aromatic N) is 2. The Bertz CT molecular complexity index is 491. The van der Waals surface area contributed by atoms with Crippen LogP contribution in [0.3, 0.4) is 0 Å². The molecule has 0 aliphatic carbocycles. The van der Waals surface area contributed by atoms with E-state index in [1.165, 1.54) is 6.20 Å². The molecule has 0 spiro atoms. The molecule has 82 valence electrons. The number of ether oxygens (including phenoxy) is 1. The maximum atomic E-state index is 8.97. The van der Waals surface area contributed by atoms with Crippen molar-refractivity contribution < 1.29 is 9.84 Å². The minimum Gasteiger partial charge on any atom is -0.439 e. The Morgan fingerprint density at radius 3 is 2.94 bits per heavy atom. The SMILES string of the molecule is OCc1cccc(Oc2ccnc(Cl)n2)c1. The predicted molar refractivity (Wildman–Crippen MR) is 59.5 cm³/mol. The molecule has 16 heavy (non-hydrogen) atoms. The molecule has 0 atom stereocenters. The average Bonchev–Trinajstić information content (AvgIpc) is 2.29. The standard InChI is InChI=1S/C11H9ClN2O2/c12-11-13-5-4-10(14-11)16-9-3-1-2-8(6-9)7-15/h1-6,15H,7H2. The van der Waals surface area contributed by atoms with Crippen molar-refractivity contribution >= 4 is 11.6 Å². The van der Waals surface area contributed by atoms with Gasteiger partial charge in [-0.3, -0.25) is 0 Å². The average molecular weight is 237 g/mol. The van der Waals surface area contributed by atoms with Crippen molar-refractivity contribution in [1.82, 2.24) is 9.97 Å². The zero-order valence-corrected chi connectivity index (χ0v) is 9.05. The molecule has 5 heteroatoms. The van der Waals surface area contributed by atoms with Gasteiger partial charge in [-0.05, 0) is 29.3 Å². The lowest BCUT2D eigenvalue weighted by Crippen LogP contribution is -1.90. The smallest absolute Gasteiger partial charge is 0.225 e. The molecule has 1 aromatic heterocycles. The van der Waals surface area contributed by atoms with Crippen molar-refractivity contribution in [1.29, 1.82) is 0 Å². The van der Waals surface area contributed by atoms with Crippen LogP contribution in [0.4, 0.5) is 0 Å². The highest BCUT2D eigenvalue weighted by Crippen LogP contribution is 2.20. The highest BCUT2D eigenvalue weighted by atomic mass is 35.5. The molecular formula is C11H9ClN2O2. The molecule has 1 N–H and O–H groups in total. The Morgan fingerprint density at radius 1 is 1.31 bits per heavy atom. The first-order valence-electron chi connectivity index (χ1n) is 4.64. The van der Waals surface area contributed by atoms with E-state index >= 15 is 0 Å². The van der Waals surface area contributed by atoms with Crippen LogP contribution in [0, 0.1) is 0 Å². The summed E-state index contributed by atoms with van der Waals surface area (Å²) in [6.45, 7) is -0.0261. The molecular weight excluding hydrogens is 228 g/mol. The molecule has 0 unspecified atom stereocenters. The van der Waals surface area contributed by atoms with Crippen LogP contribution in [-0.2, 0) is 6.61 Å². The number of hydrogen-bond donors (Lipinski definition) is 1. The lowest BCUT2D eigenvalue weighted by atomic mass is 10.2. The van der Waals surface area contributed by atoms with Gasteiger partial charge in [-0.25, -0.2) is 4.98 Å². The summed E-state index contributed by atoms with van der Waals surface area (Å²) in [5.41, 5.74) is 0.776. The Hall–Kier alpha value is -1.65. The lowest BCUT2D eigenvalue weighted by Gasteiger charge is -2.05. The minimum absolute atomic E-state index is 0.0261. The van der Waals surface area contributed by atoms with Crippen molar-refractivity contribution in [3.63, 3.8) is 0 Å². The Morgan fingerprint density at radius 2 is 2.19 bits per heavy atom. The maximum Gasteiger partial charge on any atom is 0.225 e. The fraction of sp³-hybridized carbons (Fsp3) is 0.0909. The topological polar surface area (TPSA) is 55.2 Å². The van der Waals surface area contributed by atoms with E-state index in [9.17, 15) is 0 Å². The summed E-state index contributed by atoms with van der Waals surface area (Å²) in [5, 5.41) is 9.10. The van der Waals surface area contributed by atoms with Crippen LogP contribution in [0.2, 0.25) is 5.28 Å². The Kier molecular flexibility index (Phi) is 3.34. The summed E-state index contributed by atoms with van der Waals surface area (Å²) in [5.74, 6) is 0.969. The van der Waals surface area contributed by atoms with Crippen LogP contribution in [-0.4, -0.2) is 15.1 Å². The molecule has 0 aliphatic heterocycles. The van der Waals surface area contributed by atoms with Crippen LogP contribution >= 0.6 is 11.6 Å². The van der Waals surface area contributed by atoms with Crippen LogP contribution in [0.25, 0.3) is 0 Å². The molecule has 1 aromatic carbocycles. The third-order valence-electron chi connectivity index (χ3n) is 1.90. The molecule has 4 nitrogen and oxygen atoms in total. The third-order valence-corrected chi connectivity index (χ3v) is 2.09. The van der Waals surface area contributed by atoms with E-state index in [1.807, 2.05) is 0 Å². The van der Waals surface area contributed by atoms with Crippen molar-refractivity contribution in [3.8, 4) is 11.6 Å². The van der Waals surface area contributed by atoms with Gasteiger partial charge in [-0.15, -0.1) is 0 Å². The molecule has 0 aliphatic rings. The first-order valence-corrected chi connectivity index (χ1v) is 5.02. The summed E-state index contributed by atoms with van der Waals surface area (Å²) in [6, 6.07) is 8.71. The molecule has 2 rings (SSSR count). The van der Waals surface area contributed by atoms with E-state index in [0.29, 0.717) is 11.6 Å². The largest absolute Gasteiger partial charge is 0.439 e. The van der Waals surface area contributed by atoms with Gasteiger partial charge in [0.15, 0.2) is 0 Å². The van der Waals surface area contributed by atoms with Gasteiger partial charge in [0.2, 0.25) is 11.2 Å². The van der Waals surface area contributed by atoms with E-state index < -0.39 is 0 Å². The number of rotatable bonds is 3. The van der Waals surface area contributed by atoms with Crippen molar-refractivity contribution in [2.75, 3.05) is 0 Å². The fourth-order valence-corrected chi connectivity index (χ4v) is 1.34. The minimum atomic E-state index is -0.0261. The summed E-state index contributed by atoms with van der Waals surface area (Å²) >= 11 is 5.63. The second-order valence-electron chi connectivity index (χ2n) is 3.07. The zero-order valence-electron chi connectivity index (χ0n) is 8.30. The van der Waals surface area contributed by atoms with Crippen LogP contribution in [0.5, 0.6) is 11.6 Å². The first-order chi connectivity index (χ1) is 7.78. The normalized spacial score (nSPS) is 10.1. The number of hydrogen-bond acceptors (Lipinski definition) is 4. The highest BCUT2D eigenvalue weighted by molar-refractivity contribution is 6.28. The van der Waals surface area contributed by atoms with E-state index in [1.54, 1.807) is 30.3 Å². The number of aromatic nitrogens is 2. The lowest BCUT2D eigenvalue weighted by molar-refractivity contribution is 0.281. The third kappa shape index (κ3) is 2.68. The van der Waals surface area contributed by atoms with Crippen LogP contribution < -0.4 is 4.74 Å². The Balaban J connectivity index is 2.20.